The number of aliphatic hydroxyl groups is 1. The van der Waals surface area contributed by atoms with Crippen LogP contribution in [-0.4, -0.2) is 41.5 Å². The summed E-state index contributed by atoms with van der Waals surface area (Å²) in [6.45, 7) is 4.23. The maximum Gasteiger partial charge on any atom is 0.0774 e. The van der Waals surface area contributed by atoms with E-state index in [0.717, 1.165) is 37.6 Å². The van der Waals surface area contributed by atoms with E-state index in [0.29, 0.717) is 0 Å². The number of thiol groups is 1. The molecule has 1 aliphatic rings. The molecule has 16 heavy (non-hydrogen) atoms. The fraction of sp³-hybridized carbons (Fsp3) is 1.00. The summed E-state index contributed by atoms with van der Waals surface area (Å²) in [6, 6.07) is 0. The third-order valence-corrected chi connectivity index (χ3v) is 3.98. The molecule has 0 aliphatic heterocycles. The van der Waals surface area contributed by atoms with Crippen LogP contribution >= 0.6 is 12.6 Å². The molecule has 1 aliphatic carbocycles. The SMILES string of the molecule is CC(CCS)CCN(C)CC1(O)CCCC1. The van der Waals surface area contributed by atoms with Crippen LogP contribution in [0.3, 0.4) is 0 Å². The van der Waals surface area contributed by atoms with Crippen molar-refractivity contribution in [2.45, 2.75) is 51.0 Å². The van der Waals surface area contributed by atoms with E-state index in [-0.39, 0.29) is 5.60 Å². The number of rotatable bonds is 7. The fourth-order valence-corrected chi connectivity index (χ4v) is 3.02. The fourth-order valence-electron chi connectivity index (χ4n) is 2.58. The van der Waals surface area contributed by atoms with Crippen molar-refractivity contribution in [3.05, 3.63) is 0 Å². The predicted molar refractivity (Wildman–Crippen MR) is 73.2 cm³/mol. The van der Waals surface area contributed by atoms with Gasteiger partial charge in [-0.1, -0.05) is 19.8 Å². The Bertz CT molecular complexity index is 192. The second-order valence-electron chi connectivity index (χ2n) is 5.58. The van der Waals surface area contributed by atoms with Crippen molar-refractivity contribution in [2.75, 3.05) is 25.9 Å². The first kappa shape index (κ1) is 14.3. The van der Waals surface area contributed by atoms with E-state index in [2.05, 4.69) is 31.5 Å². The molecule has 0 aromatic rings. The van der Waals surface area contributed by atoms with E-state index in [1.807, 2.05) is 0 Å². The van der Waals surface area contributed by atoms with Gasteiger partial charge < -0.3 is 10.0 Å². The lowest BCUT2D eigenvalue weighted by Crippen LogP contribution is -2.39. The van der Waals surface area contributed by atoms with Crippen LogP contribution in [0.1, 0.15) is 45.4 Å². The van der Waals surface area contributed by atoms with Crippen LogP contribution in [-0.2, 0) is 0 Å². The Kier molecular flexibility index (Phi) is 6.16. The van der Waals surface area contributed by atoms with Crippen molar-refractivity contribution >= 4 is 12.6 Å². The summed E-state index contributed by atoms with van der Waals surface area (Å²) < 4.78 is 0. The molecule has 0 radical (unpaired) electrons. The molecule has 0 spiro atoms. The molecule has 0 heterocycles. The zero-order valence-corrected chi connectivity index (χ0v) is 11.7. The summed E-state index contributed by atoms with van der Waals surface area (Å²) >= 11 is 4.26. The van der Waals surface area contributed by atoms with Gasteiger partial charge in [-0.2, -0.15) is 12.6 Å². The lowest BCUT2D eigenvalue weighted by Gasteiger charge is -2.29. The highest BCUT2D eigenvalue weighted by molar-refractivity contribution is 7.80. The van der Waals surface area contributed by atoms with Crippen LogP contribution in [0.2, 0.25) is 0 Å². The summed E-state index contributed by atoms with van der Waals surface area (Å²) in [5.41, 5.74) is -0.387. The van der Waals surface area contributed by atoms with Crippen molar-refractivity contribution < 1.29 is 5.11 Å². The molecule has 1 rings (SSSR count). The van der Waals surface area contributed by atoms with E-state index in [9.17, 15) is 5.11 Å². The van der Waals surface area contributed by atoms with E-state index in [1.165, 1.54) is 25.7 Å². The summed E-state index contributed by atoms with van der Waals surface area (Å²) in [5, 5.41) is 10.3. The van der Waals surface area contributed by atoms with Gasteiger partial charge in [0, 0.05) is 6.54 Å². The molecule has 2 nitrogen and oxygen atoms in total. The third-order valence-electron chi connectivity index (χ3n) is 3.72. The highest BCUT2D eigenvalue weighted by atomic mass is 32.1. The molecule has 0 amide bonds. The molecule has 0 bridgehead atoms. The third kappa shape index (κ3) is 5.07. The number of hydrogen-bond acceptors (Lipinski definition) is 3. The Hall–Kier alpha value is 0.270. The van der Waals surface area contributed by atoms with E-state index in [4.69, 9.17) is 0 Å². The molecule has 1 N–H and O–H groups in total. The lowest BCUT2D eigenvalue weighted by molar-refractivity contribution is 0.0154. The summed E-state index contributed by atoms with van der Waals surface area (Å²) in [7, 11) is 2.13. The minimum atomic E-state index is -0.387. The van der Waals surface area contributed by atoms with Gasteiger partial charge in [0.15, 0.2) is 0 Å². The topological polar surface area (TPSA) is 23.5 Å². The van der Waals surface area contributed by atoms with Crippen molar-refractivity contribution in [3.63, 3.8) is 0 Å². The number of hydrogen-bond donors (Lipinski definition) is 2. The first-order valence-corrected chi connectivity index (χ1v) is 7.21. The maximum absolute atomic E-state index is 10.3. The van der Waals surface area contributed by atoms with Crippen molar-refractivity contribution in [3.8, 4) is 0 Å². The second-order valence-corrected chi connectivity index (χ2v) is 6.02. The first-order chi connectivity index (χ1) is 7.56. The Balaban J connectivity index is 2.17. The summed E-state index contributed by atoms with van der Waals surface area (Å²) in [5.74, 6) is 1.73. The first-order valence-electron chi connectivity index (χ1n) is 6.57. The molecule has 0 aromatic heterocycles. The van der Waals surface area contributed by atoms with Crippen LogP contribution in [0.4, 0.5) is 0 Å². The minimum absolute atomic E-state index is 0.387. The van der Waals surface area contributed by atoms with Crippen LogP contribution in [0, 0.1) is 5.92 Å². The second kappa shape index (κ2) is 6.87. The molecule has 3 heteroatoms. The van der Waals surface area contributed by atoms with Gasteiger partial charge in [-0.3, -0.25) is 0 Å². The summed E-state index contributed by atoms with van der Waals surface area (Å²) in [4.78, 5) is 2.29. The molecular weight excluding hydrogens is 218 g/mol. The van der Waals surface area contributed by atoms with Gasteiger partial charge in [0.25, 0.3) is 0 Å². The van der Waals surface area contributed by atoms with E-state index in [1.54, 1.807) is 0 Å². The molecule has 1 saturated carbocycles. The van der Waals surface area contributed by atoms with Crippen LogP contribution < -0.4 is 0 Å². The van der Waals surface area contributed by atoms with Crippen molar-refractivity contribution in [1.82, 2.24) is 4.90 Å². The van der Waals surface area contributed by atoms with Crippen LogP contribution in [0.25, 0.3) is 0 Å². The highest BCUT2D eigenvalue weighted by Gasteiger charge is 2.31. The van der Waals surface area contributed by atoms with Gasteiger partial charge in [-0.25, -0.2) is 0 Å². The Morgan fingerprint density at radius 2 is 1.94 bits per heavy atom. The van der Waals surface area contributed by atoms with Crippen molar-refractivity contribution in [1.29, 1.82) is 0 Å². The number of nitrogens with zero attached hydrogens (tertiary/aromatic N) is 1. The van der Waals surface area contributed by atoms with Gasteiger partial charge in [0.05, 0.1) is 5.60 Å². The Morgan fingerprint density at radius 3 is 2.50 bits per heavy atom. The zero-order valence-electron chi connectivity index (χ0n) is 10.8. The van der Waals surface area contributed by atoms with E-state index < -0.39 is 0 Å². The number of likely N-dealkylation sites (N-methyl/N-ethyl adjacent to an activating group) is 1. The molecule has 96 valence electrons. The monoisotopic (exact) mass is 245 g/mol. The van der Waals surface area contributed by atoms with E-state index >= 15 is 0 Å². The molecular formula is C13H27NOS. The van der Waals surface area contributed by atoms with Gasteiger partial charge in [-0.15, -0.1) is 0 Å². The summed E-state index contributed by atoms with van der Waals surface area (Å²) in [6.07, 6.45) is 6.78. The zero-order chi connectivity index (χ0) is 12.0. The predicted octanol–water partition coefficient (Wildman–Crippen LogP) is 2.57. The average molecular weight is 245 g/mol. The Labute approximate surface area is 106 Å². The molecule has 0 saturated heterocycles. The quantitative estimate of drug-likeness (QED) is 0.674. The Morgan fingerprint density at radius 1 is 1.31 bits per heavy atom. The van der Waals surface area contributed by atoms with Crippen LogP contribution in [0.15, 0.2) is 0 Å². The normalized spacial score (nSPS) is 21.6. The van der Waals surface area contributed by atoms with Crippen LogP contribution in [0.5, 0.6) is 0 Å². The molecule has 1 unspecified atom stereocenters. The minimum Gasteiger partial charge on any atom is -0.389 e. The van der Waals surface area contributed by atoms with Crippen molar-refractivity contribution in [2.24, 2.45) is 5.92 Å². The average Bonchev–Trinajstić information content (AvgIpc) is 2.62. The van der Waals surface area contributed by atoms with Gasteiger partial charge in [0.1, 0.15) is 0 Å². The standard InChI is InChI=1S/C13H27NOS/c1-12(6-10-16)5-9-14(2)11-13(15)7-3-4-8-13/h12,15-16H,3-11H2,1-2H3. The van der Waals surface area contributed by atoms with Gasteiger partial charge >= 0.3 is 0 Å². The molecule has 1 atom stereocenters. The smallest absolute Gasteiger partial charge is 0.0774 e. The molecule has 1 fully saturated rings. The molecule has 0 aromatic carbocycles. The van der Waals surface area contributed by atoms with Gasteiger partial charge in [0.2, 0.25) is 0 Å². The largest absolute Gasteiger partial charge is 0.389 e. The highest BCUT2D eigenvalue weighted by Crippen LogP contribution is 2.30. The maximum atomic E-state index is 10.3. The lowest BCUT2D eigenvalue weighted by atomic mass is 10.0. The van der Waals surface area contributed by atoms with Gasteiger partial charge in [-0.05, 0) is 50.9 Å².